The molecule has 7 nitrogen and oxygen atoms in total. The molecular weight excluding hydrogens is 354 g/mol. The summed E-state index contributed by atoms with van der Waals surface area (Å²) in [7, 11) is 0. The third-order valence-electron chi connectivity index (χ3n) is 4.20. The second-order valence-corrected chi connectivity index (χ2v) is 6.88. The number of pyridine rings is 1. The Morgan fingerprint density at radius 2 is 1.82 bits per heavy atom. The zero-order chi connectivity index (χ0) is 20.1. The summed E-state index contributed by atoms with van der Waals surface area (Å²) in [6, 6.07) is 12.3. The number of hydrogen-bond acceptors (Lipinski definition) is 4. The lowest BCUT2D eigenvalue weighted by Crippen LogP contribution is -2.27. The molecule has 0 aliphatic carbocycles. The number of anilines is 1. The maximum Gasteiger partial charge on any atom is 0.259 e. The van der Waals surface area contributed by atoms with Crippen LogP contribution in [0.1, 0.15) is 40.3 Å². The van der Waals surface area contributed by atoms with Gasteiger partial charge in [0.05, 0.1) is 17.5 Å². The SMILES string of the molecule is Cc1c(C(=O)Nc2ccc(C(=O)NCC(C)C)cc2)cnn1-c1ccccn1. The highest BCUT2D eigenvalue weighted by Gasteiger charge is 2.16. The lowest BCUT2D eigenvalue weighted by Gasteiger charge is -2.09. The van der Waals surface area contributed by atoms with Gasteiger partial charge in [0.25, 0.3) is 11.8 Å². The molecule has 144 valence electrons. The molecule has 0 saturated heterocycles. The van der Waals surface area contributed by atoms with Crippen molar-refractivity contribution in [1.29, 1.82) is 0 Å². The van der Waals surface area contributed by atoms with Gasteiger partial charge in [-0.05, 0) is 49.2 Å². The van der Waals surface area contributed by atoms with Gasteiger partial charge in [-0.25, -0.2) is 9.67 Å². The molecule has 2 aromatic heterocycles. The van der Waals surface area contributed by atoms with E-state index in [0.29, 0.717) is 40.8 Å². The van der Waals surface area contributed by atoms with Gasteiger partial charge in [-0.1, -0.05) is 19.9 Å². The molecule has 2 amide bonds. The topological polar surface area (TPSA) is 88.9 Å². The highest BCUT2D eigenvalue weighted by atomic mass is 16.2. The summed E-state index contributed by atoms with van der Waals surface area (Å²) in [6.45, 7) is 6.52. The minimum Gasteiger partial charge on any atom is -0.352 e. The van der Waals surface area contributed by atoms with Crippen molar-refractivity contribution < 1.29 is 9.59 Å². The Bertz CT molecular complexity index is 962. The van der Waals surface area contributed by atoms with Gasteiger partial charge in [-0.2, -0.15) is 5.10 Å². The van der Waals surface area contributed by atoms with Crippen molar-refractivity contribution >= 4 is 17.5 Å². The highest BCUT2D eigenvalue weighted by molar-refractivity contribution is 6.05. The molecule has 0 aliphatic rings. The quantitative estimate of drug-likeness (QED) is 0.690. The van der Waals surface area contributed by atoms with Crippen LogP contribution in [0.3, 0.4) is 0 Å². The first-order valence-electron chi connectivity index (χ1n) is 9.11. The van der Waals surface area contributed by atoms with E-state index < -0.39 is 0 Å². The maximum absolute atomic E-state index is 12.6. The second-order valence-electron chi connectivity index (χ2n) is 6.88. The summed E-state index contributed by atoms with van der Waals surface area (Å²) >= 11 is 0. The van der Waals surface area contributed by atoms with E-state index in [1.165, 1.54) is 6.20 Å². The van der Waals surface area contributed by atoms with Gasteiger partial charge in [0.1, 0.15) is 0 Å². The summed E-state index contributed by atoms with van der Waals surface area (Å²) < 4.78 is 1.62. The van der Waals surface area contributed by atoms with Crippen molar-refractivity contribution in [1.82, 2.24) is 20.1 Å². The number of carbonyl (C=O) groups excluding carboxylic acids is 2. The molecular formula is C21H23N5O2. The average Bonchev–Trinajstić information content (AvgIpc) is 3.09. The number of carbonyl (C=O) groups is 2. The van der Waals surface area contributed by atoms with Crippen LogP contribution in [0.15, 0.2) is 54.9 Å². The van der Waals surface area contributed by atoms with E-state index in [2.05, 4.69) is 20.7 Å². The van der Waals surface area contributed by atoms with Crippen LogP contribution >= 0.6 is 0 Å². The van der Waals surface area contributed by atoms with Gasteiger partial charge < -0.3 is 10.6 Å². The molecule has 0 bridgehead atoms. The number of aromatic nitrogens is 3. The van der Waals surface area contributed by atoms with E-state index in [1.54, 1.807) is 35.1 Å². The molecule has 0 radical (unpaired) electrons. The van der Waals surface area contributed by atoms with Crippen LogP contribution in [-0.4, -0.2) is 33.1 Å². The Morgan fingerprint density at radius 3 is 2.46 bits per heavy atom. The van der Waals surface area contributed by atoms with Gasteiger partial charge in [0.15, 0.2) is 5.82 Å². The molecule has 3 rings (SSSR count). The third kappa shape index (κ3) is 4.43. The zero-order valence-corrected chi connectivity index (χ0v) is 16.1. The molecule has 28 heavy (non-hydrogen) atoms. The van der Waals surface area contributed by atoms with E-state index >= 15 is 0 Å². The number of benzene rings is 1. The molecule has 2 N–H and O–H groups in total. The van der Waals surface area contributed by atoms with E-state index in [0.717, 1.165) is 0 Å². The van der Waals surface area contributed by atoms with Crippen LogP contribution in [0.25, 0.3) is 5.82 Å². The minimum atomic E-state index is -0.267. The molecule has 0 aliphatic heterocycles. The standard InChI is InChI=1S/C21H23N5O2/c1-14(2)12-23-20(27)16-7-9-17(10-8-16)25-21(28)18-13-24-26(15(18)3)19-6-4-5-11-22-19/h4-11,13-14H,12H2,1-3H3,(H,23,27)(H,25,28). The summed E-state index contributed by atoms with van der Waals surface area (Å²) in [5.41, 5.74) is 2.32. The maximum atomic E-state index is 12.6. The molecule has 0 spiro atoms. The first-order chi connectivity index (χ1) is 13.5. The van der Waals surface area contributed by atoms with Crippen molar-refractivity contribution in [3.63, 3.8) is 0 Å². The average molecular weight is 377 g/mol. The monoisotopic (exact) mass is 377 g/mol. The summed E-state index contributed by atoms with van der Waals surface area (Å²) in [4.78, 5) is 28.9. The van der Waals surface area contributed by atoms with Crippen molar-refractivity contribution in [3.05, 3.63) is 71.7 Å². The fourth-order valence-corrected chi connectivity index (χ4v) is 2.64. The van der Waals surface area contributed by atoms with Crippen LogP contribution in [-0.2, 0) is 0 Å². The molecule has 7 heteroatoms. The van der Waals surface area contributed by atoms with E-state index in [1.807, 2.05) is 39.0 Å². The summed E-state index contributed by atoms with van der Waals surface area (Å²) in [5.74, 6) is 0.643. The Morgan fingerprint density at radius 1 is 1.07 bits per heavy atom. The smallest absolute Gasteiger partial charge is 0.259 e. The first-order valence-corrected chi connectivity index (χ1v) is 9.11. The van der Waals surface area contributed by atoms with Crippen LogP contribution in [0.4, 0.5) is 5.69 Å². The largest absolute Gasteiger partial charge is 0.352 e. The Balaban J connectivity index is 1.68. The minimum absolute atomic E-state index is 0.126. The molecule has 0 fully saturated rings. The number of rotatable bonds is 6. The molecule has 1 aromatic carbocycles. The number of nitrogens with one attached hydrogen (secondary N) is 2. The van der Waals surface area contributed by atoms with Crippen molar-refractivity contribution in [3.8, 4) is 5.82 Å². The molecule has 3 aromatic rings. The lowest BCUT2D eigenvalue weighted by atomic mass is 10.1. The predicted octanol–water partition coefficient (Wildman–Crippen LogP) is 3.21. The van der Waals surface area contributed by atoms with Crippen LogP contribution in [0.5, 0.6) is 0 Å². The van der Waals surface area contributed by atoms with Crippen molar-refractivity contribution in [2.24, 2.45) is 5.92 Å². The van der Waals surface area contributed by atoms with Crippen molar-refractivity contribution in [2.45, 2.75) is 20.8 Å². The predicted molar refractivity (Wildman–Crippen MR) is 108 cm³/mol. The molecule has 0 unspecified atom stereocenters. The van der Waals surface area contributed by atoms with Gasteiger partial charge in [-0.3, -0.25) is 9.59 Å². The van der Waals surface area contributed by atoms with Gasteiger partial charge >= 0.3 is 0 Å². The number of nitrogens with zero attached hydrogens (tertiary/aromatic N) is 3. The third-order valence-corrected chi connectivity index (χ3v) is 4.20. The van der Waals surface area contributed by atoms with Crippen LogP contribution in [0.2, 0.25) is 0 Å². The highest BCUT2D eigenvalue weighted by Crippen LogP contribution is 2.15. The van der Waals surface area contributed by atoms with Crippen LogP contribution < -0.4 is 10.6 Å². The Labute approximate surface area is 163 Å². The van der Waals surface area contributed by atoms with Gasteiger partial charge in [0.2, 0.25) is 0 Å². The summed E-state index contributed by atoms with van der Waals surface area (Å²) in [5, 5.41) is 9.96. The first kappa shape index (κ1) is 19.3. The van der Waals surface area contributed by atoms with Gasteiger partial charge in [0, 0.05) is 24.0 Å². The Hall–Kier alpha value is -3.48. The van der Waals surface area contributed by atoms with E-state index in [4.69, 9.17) is 0 Å². The van der Waals surface area contributed by atoms with Crippen molar-refractivity contribution in [2.75, 3.05) is 11.9 Å². The Kier molecular flexibility index (Phi) is 5.84. The van der Waals surface area contributed by atoms with E-state index in [9.17, 15) is 9.59 Å². The normalized spacial score (nSPS) is 10.7. The second kappa shape index (κ2) is 8.47. The van der Waals surface area contributed by atoms with Gasteiger partial charge in [-0.15, -0.1) is 0 Å². The van der Waals surface area contributed by atoms with E-state index in [-0.39, 0.29) is 11.8 Å². The molecule has 2 heterocycles. The fourth-order valence-electron chi connectivity index (χ4n) is 2.64. The molecule has 0 atom stereocenters. The molecule has 0 saturated carbocycles. The van der Waals surface area contributed by atoms with Crippen LogP contribution in [0, 0.1) is 12.8 Å². The summed E-state index contributed by atoms with van der Waals surface area (Å²) in [6.07, 6.45) is 3.20. The lowest BCUT2D eigenvalue weighted by molar-refractivity contribution is 0.0948. The number of amides is 2. The number of hydrogen-bond donors (Lipinski definition) is 2. The zero-order valence-electron chi connectivity index (χ0n) is 16.1. The fraction of sp³-hybridized carbons (Fsp3) is 0.238.